The number of allylic oxidation sites excluding steroid dienone is 1. The Bertz CT molecular complexity index is 929. The molecule has 3 aromatic rings. The number of phenols is 1. The fourth-order valence-corrected chi connectivity index (χ4v) is 2.86. The van der Waals surface area contributed by atoms with Crippen LogP contribution in [0.3, 0.4) is 0 Å². The van der Waals surface area contributed by atoms with Gasteiger partial charge in [-0.15, -0.1) is 6.58 Å². The highest BCUT2D eigenvalue weighted by Gasteiger charge is 2.09. The van der Waals surface area contributed by atoms with Crippen LogP contribution in [0.4, 0.5) is 5.69 Å². The predicted octanol–water partition coefficient (Wildman–Crippen LogP) is 5.94. The minimum absolute atomic E-state index is 0.168. The van der Waals surface area contributed by atoms with E-state index < -0.39 is 0 Å². The quantitative estimate of drug-likeness (QED) is 0.420. The second-order valence-electron chi connectivity index (χ2n) is 6.12. The first-order chi connectivity index (χ1) is 13.2. The Morgan fingerprint density at radius 3 is 2.37 bits per heavy atom. The van der Waals surface area contributed by atoms with Crippen molar-refractivity contribution in [3.05, 3.63) is 90.5 Å². The van der Waals surface area contributed by atoms with Crippen molar-refractivity contribution >= 4 is 11.9 Å². The van der Waals surface area contributed by atoms with Gasteiger partial charge in [0, 0.05) is 11.8 Å². The molecular weight excluding hydrogens is 334 g/mol. The van der Waals surface area contributed by atoms with Gasteiger partial charge in [-0.1, -0.05) is 48.5 Å². The smallest absolute Gasteiger partial charge is 0.161 e. The Balaban J connectivity index is 1.83. The average molecular weight is 357 g/mol. The largest absolute Gasteiger partial charge is 0.504 e. The summed E-state index contributed by atoms with van der Waals surface area (Å²) >= 11 is 0. The van der Waals surface area contributed by atoms with Crippen molar-refractivity contribution in [2.75, 3.05) is 6.61 Å². The molecule has 1 N–H and O–H groups in total. The van der Waals surface area contributed by atoms with Crippen LogP contribution >= 0.6 is 0 Å². The van der Waals surface area contributed by atoms with E-state index in [2.05, 4.69) is 35.8 Å². The number of phenolic OH excluding ortho intramolecular Hbond substituents is 1. The molecule has 0 amide bonds. The third-order valence-electron chi connectivity index (χ3n) is 4.18. The van der Waals surface area contributed by atoms with Crippen molar-refractivity contribution in [3.63, 3.8) is 0 Å². The average Bonchev–Trinajstić information content (AvgIpc) is 2.71. The first-order valence-electron chi connectivity index (χ1n) is 9.00. The van der Waals surface area contributed by atoms with Crippen molar-refractivity contribution in [2.45, 2.75) is 13.3 Å². The first-order valence-corrected chi connectivity index (χ1v) is 9.00. The number of hydrogen-bond acceptors (Lipinski definition) is 3. The number of nitrogens with zero attached hydrogens (tertiary/aromatic N) is 1. The molecule has 136 valence electrons. The Morgan fingerprint density at radius 1 is 1.00 bits per heavy atom. The van der Waals surface area contributed by atoms with Crippen molar-refractivity contribution in [3.8, 4) is 22.6 Å². The maximum absolute atomic E-state index is 10.3. The minimum Gasteiger partial charge on any atom is -0.504 e. The van der Waals surface area contributed by atoms with E-state index in [1.807, 2.05) is 43.3 Å². The fraction of sp³-hybridized carbons (Fsp3) is 0.125. The van der Waals surface area contributed by atoms with Crippen LogP contribution in [-0.2, 0) is 6.42 Å². The van der Waals surface area contributed by atoms with Crippen LogP contribution in [0.15, 0.2) is 84.4 Å². The molecule has 0 atom stereocenters. The lowest BCUT2D eigenvalue weighted by Gasteiger charge is -2.10. The Hall–Kier alpha value is -3.33. The molecular formula is C24H23NO2. The van der Waals surface area contributed by atoms with Gasteiger partial charge in [0.15, 0.2) is 11.5 Å². The molecule has 3 heteroatoms. The second kappa shape index (κ2) is 8.86. The first kappa shape index (κ1) is 18.5. The van der Waals surface area contributed by atoms with Crippen LogP contribution in [-0.4, -0.2) is 17.9 Å². The summed E-state index contributed by atoms with van der Waals surface area (Å²) in [5.41, 5.74) is 4.86. The van der Waals surface area contributed by atoms with E-state index in [4.69, 9.17) is 4.74 Å². The van der Waals surface area contributed by atoms with Crippen molar-refractivity contribution in [1.29, 1.82) is 0 Å². The van der Waals surface area contributed by atoms with E-state index in [0.717, 1.165) is 22.4 Å². The summed E-state index contributed by atoms with van der Waals surface area (Å²) in [6.45, 7) is 6.12. The van der Waals surface area contributed by atoms with Crippen molar-refractivity contribution in [2.24, 2.45) is 4.99 Å². The maximum Gasteiger partial charge on any atom is 0.161 e. The van der Waals surface area contributed by atoms with Crippen LogP contribution < -0.4 is 4.74 Å². The lowest BCUT2D eigenvalue weighted by molar-refractivity contribution is 0.317. The van der Waals surface area contributed by atoms with Gasteiger partial charge in [-0.05, 0) is 54.3 Å². The number of rotatable bonds is 7. The molecule has 0 spiro atoms. The van der Waals surface area contributed by atoms with Gasteiger partial charge in [0.05, 0.1) is 12.3 Å². The highest BCUT2D eigenvalue weighted by atomic mass is 16.5. The van der Waals surface area contributed by atoms with Gasteiger partial charge in [0.2, 0.25) is 0 Å². The zero-order valence-corrected chi connectivity index (χ0v) is 15.4. The number of aromatic hydroxyl groups is 1. The third kappa shape index (κ3) is 4.64. The summed E-state index contributed by atoms with van der Waals surface area (Å²) < 4.78 is 5.54. The standard InChI is InChI=1S/C24H23NO2/c1-3-8-21-15-18(16-23(24(21)26)27-4-2)17-25-22-13-11-20(12-14-22)19-9-6-5-7-10-19/h3,5-7,9-17,26H,1,4,8H2,2H3. The van der Waals surface area contributed by atoms with Crippen LogP contribution in [0, 0.1) is 0 Å². The molecule has 3 nitrogen and oxygen atoms in total. The van der Waals surface area contributed by atoms with Crippen LogP contribution in [0.5, 0.6) is 11.5 Å². The van der Waals surface area contributed by atoms with E-state index in [-0.39, 0.29) is 5.75 Å². The van der Waals surface area contributed by atoms with E-state index >= 15 is 0 Å². The van der Waals surface area contributed by atoms with E-state index in [9.17, 15) is 5.11 Å². The molecule has 0 aliphatic heterocycles. The highest BCUT2D eigenvalue weighted by Crippen LogP contribution is 2.32. The molecule has 0 fully saturated rings. The van der Waals surface area contributed by atoms with Gasteiger partial charge >= 0.3 is 0 Å². The summed E-state index contributed by atoms with van der Waals surface area (Å²) in [4.78, 5) is 4.56. The molecule has 0 saturated carbocycles. The van der Waals surface area contributed by atoms with Gasteiger partial charge in [0.1, 0.15) is 0 Å². The van der Waals surface area contributed by atoms with Crippen molar-refractivity contribution < 1.29 is 9.84 Å². The Labute approximate surface area is 160 Å². The van der Waals surface area contributed by atoms with Gasteiger partial charge < -0.3 is 9.84 Å². The second-order valence-corrected chi connectivity index (χ2v) is 6.12. The SMILES string of the molecule is C=CCc1cc(C=Nc2ccc(-c3ccccc3)cc2)cc(OCC)c1O. The van der Waals surface area contributed by atoms with Gasteiger partial charge in [0.25, 0.3) is 0 Å². The molecule has 0 aliphatic rings. The lowest BCUT2D eigenvalue weighted by Crippen LogP contribution is -1.96. The van der Waals surface area contributed by atoms with Gasteiger partial charge in [-0.25, -0.2) is 0 Å². The minimum atomic E-state index is 0.168. The molecule has 0 aliphatic carbocycles. The van der Waals surface area contributed by atoms with Crippen molar-refractivity contribution in [1.82, 2.24) is 0 Å². The van der Waals surface area contributed by atoms with Crippen LogP contribution in [0.25, 0.3) is 11.1 Å². The molecule has 0 bridgehead atoms. The summed E-state index contributed by atoms with van der Waals surface area (Å²) in [6.07, 6.45) is 4.11. The topological polar surface area (TPSA) is 41.8 Å². The summed E-state index contributed by atoms with van der Waals surface area (Å²) in [7, 11) is 0. The molecule has 0 radical (unpaired) electrons. The van der Waals surface area contributed by atoms with E-state index in [0.29, 0.717) is 18.8 Å². The molecule has 0 saturated heterocycles. The van der Waals surface area contributed by atoms with Crippen LogP contribution in [0.2, 0.25) is 0 Å². The number of aliphatic imine (C=N–C) groups is 1. The number of benzene rings is 3. The molecule has 27 heavy (non-hydrogen) atoms. The lowest BCUT2D eigenvalue weighted by atomic mass is 10.1. The van der Waals surface area contributed by atoms with Crippen LogP contribution in [0.1, 0.15) is 18.1 Å². The van der Waals surface area contributed by atoms with Gasteiger partial charge in [-0.3, -0.25) is 4.99 Å². The molecule has 3 rings (SSSR count). The zero-order valence-electron chi connectivity index (χ0n) is 15.4. The van der Waals surface area contributed by atoms with E-state index in [1.165, 1.54) is 5.56 Å². The highest BCUT2D eigenvalue weighted by molar-refractivity contribution is 5.84. The summed E-state index contributed by atoms with van der Waals surface area (Å²) in [5, 5.41) is 10.3. The Morgan fingerprint density at radius 2 is 1.70 bits per heavy atom. The van der Waals surface area contributed by atoms with E-state index in [1.54, 1.807) is 18.4 Å². The molecule has 0 heterocycles. The molecule has 3 aromatic carbocycles. The third-order valence-corrected chi connectivity index (χ3v) is 4.18. The summed E-state index contributed by atoms with van der Waals surface area (Å²) in [5.74, 6) is 0.638. The molecule has 0 unspecified atom stereocenters. The summed E-state index contributed by atoms with van der Waals surface area (Å²) in [6, 6.07) is 22.1. The normalized spacial score (nSPS) is 10.9. The number of ether oxygens (including phenoxy) is 1. The van der Waals surface area contributed by atoms with Gasteiger partial charge in [-0.2, -0.15) is 0 Å². The molecule has 0 aromatic heterocycles. The maximum atomic E-state index is 10.3. The fourth-order valence-electron chi connectivity index (χ4n) is 2.86. The predicted molar refractivity (Wildman–Crippen MR) is 112 cm³/mol. The Kier molecular flexibility index (Phi) is 6.06. The monoisotopic (exact) mass is 357 g/mol. The number of hydrogen-bond donors (Lipinski definition) is 1. The zero-order chi connectivity index (χ0) is 19.1.